The number of allylic oxidation sites excluding steroid dienone is 2. The second kappa shape index (κ2) is 17.8. The van der Waals surface area contributed by atoms with E-state index in [4.69, 9.17) is 4.74 Å². The molecule has 0 aromatic heterocycles. The van der Waals surface area contributed by atoms with Crippen LogP contribution in [0, 0.1) is 0 Å². The van der Waals surface area contributed by atoms with Crippen molar-refractivity contribution >= 4 is 5.97 Å². The van der Waals surface area contributed by atoms with E-state index < -0.39 is 0 Å². The molecule has 0 saturated carbocycles. The second-order valence-electron chi connectivity index (χ2n) is 7.48. The molecule has 0 spiro atoms. The summed E-state index contributed by atoms with van der Waals surface area (Å²) < 4.78 is 5.30. The fourth-order valence-corrected chi connectivity index (χ4v) is 3.15. The molecule has 0 bridgehead atoms. The number of esters is 1. The van der Waals surface area contributed by atoms with Gasteiger partial charge in [-0.2, -0.15) is 0 Å². The molecule has 0 aliphatic carbocycles. The average Bonchev–Trinajstić information content (AvgIpc) is 2.70. The van der Waals surface area contributed by atoms with E-state index in [9.17, 15) is 4.79 Å². The van der Waals surface area contributed by atoms with Gasteiger partial charge in [0.1, 0.15) is 6.61 Å². The molecule has 2 nitrogen and oxygen atoms in total. The number of unbranched alkanes of at least 4 members (excludes halogenated alkanes) is 11. The summed E-state index contributed by atoms with van der Waals surface area (Å²) >= 11 is 0. The average molecular weight is 373 g/mol. The molecule has 27 heavy (non-hydrogen) atoms. The Morgan fingerprint density at radius 3 is 1.96 bits per heavy atom. The van der Waals surface area contributed by atoms with Crippen molar-refractivity contribution < 1.29 is 9.53 Å². The second-order valence-corrected chi connectivity index (χ2v) is 7.48. The fraction of sp³-hybridized carbons (Fsp3) is 0.640. The molecule has 0 atom stereocenters. The van der Waals surface area contributed by atoms with Crippen LogP contribution in [0.3, 0.4) is 0 Å². The lowest BCUT2D eigenvalue weighted by Gasteiger charge is -2.05. The Morgan fingerprint density at radius 2 is 1.33 bits per heavy atom. The van der Waals surface area contributed by atoms with Gasteiger partial charge in [-0.15, -0.1) is 0 Å². The van der Waals surface area contributed by atoms with Crippen molar-refractivity contribution in [1.82, 2.24) is 0 Å². The van der Waals surface area contributed by atoms with Gasteiger partial charge in [0.05, 0.1) is 0 Å². The van der Waals surface area contributed by atoms with Gasteiger partial charge in [0.15, 0.2) is 0 Å². The van der Waals surface area contributed by atoms with Crippen LogP contribution in [0.2, 0.25) is 0 Å². The summed E-state index contributed by atoms with van der Waals surface area (Å²) in [6.07, 6.45) is 21.8. The monoisotopic (exact) mass is 372 g/mol. The fourth-order valence-electron chi connectivity index (χ4n) is 3.15. The van der Waals surface area contributed by atoms with Crippen LogP contribution in [0.4, 0.5) is 0 Å². The van der Waals surface area contributed by atoms with E-state index in [1.165, 1.54) is 70.6 Å². The van der Waals surface area contributed by atoms with Gasteiger partial charge in [-0.1, -0.05) is 101 Å². The Bertz CT molecular complexity index is 478. The maximum Gasteiger partial charge on any atom is 0.306 e. The number of hydrogen-bond donors (Lipinski definition) is 0. The van der Waals surface area contributed by atoms with E-state index >= 15 is 0 Å². The van der Waals surface area contributed by atoms with Gasteiger partial charge >= 0.3 is 5.97 Å². The van der Waals surface area contributed by atoms with Gasteiger partial charge in [-0.05, 0) is 37.7 Å². The summed E-state index contributed by atoms with van der Waals surface area (Å²) in [7, 11) is 0. The Hall–Kier alpha value is -1.57. The third kappa shape index (κ3) is 15.2. The van der Waals surface area contributed by atoms with Crippen molar-refractivity contribution in [3.8, 4) is 0 Å². The number of carbonyl (C=O) groups is 1. The summed E-state index contributed by atoms with van der Waals surface area (Å²) in [5.41, 5.74) is 1.05. The van der Waals surface area contributed by atoms with E-state index in [0.29, 0.717) is 13.0 Å². The number of benzene rings is 1. The zero-order chi connectivity index (χ0) is 19.4. The van der Waals surface area contributed by atoms with Crippen LogP contribution >= 0.6 is 0 Å². The Kier molecular flexibility index (Phi) is 15.5. The lowest BCUT2D eigenvalue weighted by Crippen LogP contribution is -2.04. The Labute approximate surface area is 167 Å². The van der Waals surface area contributed by atoms with Gasteiger partial charge in [-0.3, -0.25) is 4.79 Å². The first-order valence-corrected chi connectivity index (χ1v) is 11.2. The van der Waals surface area contributed by atoms with Crippen LogP contribution in [0.1, 0.15) is 102 Å². The van der Waals surface area contributed by atoms with Gasteiger partial charge < -0.3 is 4.74 Å². The van der Waals surface area contributed by atoms with Crippen molar-refractivity contribution in [3.63, 3.8) is 0 Å². The number of rotatable bonds is 17. The number of carbonyl (C=O) groups excluding carboxylic acids is 1. The van der Waals surface area contributed by atoms with Crippen LogP contribution in [-0.2, 0) is 16.1 Å². The predicted molar refractivity (Wildman–Crippen MR) is 116 cm³/mol. The highest BCUT2D eigenvalue weighted by Crippen LogP contribution is 2.10. The molecule has 0 fully saturated rings. The highest BCUT2D eigenvalue weighted by molar-refractivity contribution is 5.69. The van der Waals surface area contributed by atoms with Crippen molar-refractivity contribution in [1.29, 1.82) is 0 Å². The molecule has 0 heterocycles. The van der Waals surface area contributed by atoms with Crippen LogP contribution < -0.4 is 0 Å². The molecular weight excluding hydrogens is 332 g/mol. The molecule has 1 rings (SSSR count). The molecular formula is C25H40O2. The smallest absolute Gasteiger partial charge is 0.306 e. The molecule has 1 aromatic rings. The first-order valence-electron chi connectivity index (χ1n) is 11.2. The Balaban J connectivity index is 1.82. The number of hydrogen-bond acceptors (Lipinski definition) is 2. The largest absolute Gasteiger partial charge is 0.461 e. The van der Waals surface area contributed by atoms with Crippen LogP contribution in [-0.4, -0.2) is 5.97 Å². The summed E-state index contributed by atoms with van der Waals surface area (Å²) in [4.78, 5) is 11.7. The molecule has 0 unspecified atom stereocenters. The first kappa shape index (κ1) is 23.5. The van der Waals surface area contributed by atoms with Crippen LogP contribution in [0.15, 0.2) is 42.5 Å². The predicted octanol–water partition coefficient (Wildman–Crippen LogP) is 7.77. The van der Waals surface area contributed by atoms with E-state index in [1.54, 1.807) is 0 Å². The zero-order valence-electron chi connectivity index (χ0n) is 17.5. The first-order chi connectivity index (χ1) is 13.3. The third-order valence-corrected chi connectivity index (χ3v) is 4.89. The van der Waals surface area contributed by atoms with E-state index in [0.717, 1.165) is 18.4 Å². The lowest BCUT2D eigenvalue weighted by atomic mass is 10.1. The van der Waals surface area contributed by atoms with E-state index in [1.807, 2.05) is 30.3 Å². The van der Waals surface area contributed by atoms with Crippen LogP contribution in [0.5, 0.6) is 0 Å². The molecule has 0 radical (unpaired) electrons. The number of ether oxygens (including phenoxy) is 1. The molecule has 0 saturated heterocycles. The minimum Gasteiger partial charge on any atom is -0.461 e. The molecule has 1 aromatic carbocycles. The van der Waals surface area contributed by atoms with Gasteiger partial charge in [-0.25, -0.2) is 0 Å². The quantitative estimate of drug-likeness (QED) is 0.159. The van der Waals surface area contributed by atoms with Gasteiger partial charge in [0.25, 0.3) is 0 Å². The third-order valence-electron chi connectivity index (χ3n) is 4.89. The van der Waals surface area contributed by atoms with Crippen molar-refractivity contribution in [2.24, 2.45) is 0 Å². The lowest BCUT2D eigenvalue weighted by molar-refractivity contribution is -0.145. The van der Waals surface area contributed by atoms with Gasteiger partial charge in [0, 0.05) is 6.42 Å². The van der Waals surface area contributed by atoms with Crippen molar-refractivity contribution in [2.75, 3.05) is 0 Å². The maximum atomic E-state index is 11.7. The highest BCUT2D eigenvalue weighted by atomic mass is 16.5. The topological polar surface area (TPSA) is 26.3 Å². The molecule has 2 heteroatoms. The minimum atomic E-state index is -0.0727. The molecule has 152 valence electrons. The zero-order valence-corrected chi connectivity index (χ0v) is 17.5. The van der Waals surface area contributed by atoms with E-state index in [-0.39, 0.29) is 5.97 Å². The normalized spacial score (nSPS) is 11.1. The summed E-state index contributed by atoms with van der Waals surface area (Å²) in [6.45, 7) is 2.66. The summed E-state index contributed by atoms with van der Waals surface area (Å²) in [5.74, 6) is -0.0727. The standard InChI is InChI=1S/C25H40O2/c1-2-3-4-5-6-7-8-9-10-11-12-13-14-15-19-22-25(26)27-23-24-20-17-16-18-21-24/h9-10,16-18,20-21H,2-8,11-15,19,22-23H2,1H3. The molecule has 0 N–H and O–H groups in total. The minimum absolute atomic E-state index is 0.0727. The van der Waals surface area contributed by atoms with Crippen LogP contribution in [0.25, 0.3) is 0 Å². The van der Waals surface area contributed by atoms with Crippen molar-refractivity contribution in [3.05, 3.63) is 48.0 Å². The summed E-state index contributed by atoms with van der Waals surface area (Å²) in [6, 6.07) is 9.86. The van der Waals surface area contributed by atoms with E-state index in [2.05, 4.69) is 19.1 Å². The SMILES string of the molecule is CCCCCCCCC=CCCCCCCCC(=O)OCc1ccccc1. The Morgan fingerprint density at radius 1 is 0.778 bits per heavy atom. The summed E-state index contributed by atoms with van der Waals surface area (Å²) in [5, 5.41) is 0. The van der Waals surface area contributed by atoms with Crippen molar-refractivity contribution in [2.45, 2.75) is 103 Å². The molecule has 0 amide bonds. The molecule has 0 aliphatic heterocycles. The molecule has 0 aliphatic rings. The highest BCUT2D eigenvalue weighted by Gasteiger charge is 2.03. The maximum absolute atomic E-state index is 11.7. The van der Waals surface area contributed by atoms with Gasteiger partial charge in [0.2, 0.25) is 0 Å².